The molecule has 0 saturated carbocycles. The minimum atomic E-state index is -1.22. The van der Waals surface area contributed by atoms with E-state index in [2.05, 4.69) is 5.32 Å². The average molecular weight is 544 g/mol. The van der Waals surface area contributed by atoms with E-state index in [9.17, 15) is 20.1 Å². The van der Waals surface area contributed by atoms with Crippen molar-refractivity contribution < 1.29 is 34.3 Å². The van der Waals surface area contributed by atoms with E-state index in [1.54, 1.807) is 30.5 Å². The number of phenolic OH excluding ortho intramolecular Hbond substituents is 1. The van der Waals surface area contributed by atoms with E-state index in [0.29, 0.717) is 54.7 Å². The van der Waals surface area contributed by atoms with Gasteiger partial charge in [0.1, 0.15) is 35.8 Å². The molecule has 2 saturated heterocycles. The van der Waals surface area contributed by atoms with Gasteiger partial charge >= 0.3 is 6.09 Å². The number of likely N-dealkylation sites (tertiary alicyclic amines) is 1. The molecule has 0 bridgehead atoms. The summed E-state index contributed by atoms with van der Waals surface area (Å²) in [5.41, 5.74) is 1.79. The first-order valence-corrected chi connectivity index (χ1v) is 12.7. The number of benzene rings is 2. The Morgan fingerprint density at radius 3 is 2.79 bits per heavy atom. The molecule has 10 nitrogen and oxygen atoms in total. The van der Waals surface area contributed by atoms with Crippen LogP contribution < -0.4 is 14.8 Å². The number of carbonyl (C=O) groups excluding carboxylic acids is 1. The van der Waals surface area contributed by atoms with Crippen molar-refractivity contribution >= 4 is 23.5 Å². The maximum Gasteiger partial charge on any atom is 0.419 e. The molecule has 38 heavy (non-hydrogen) atoms. The molecule has 11 heteroatoms. The monoisotopic (exact) mass is 543 g/mol. The molecule has 4 N–H and O–H groups in total. The lowest BCUT2D eigenvalue weighted by Gasteiger charge is -2.36. The van der Waals surface area contributed by atoms with Crippen LogP contribution in [0.5, 0.6) is 17.2 Å². The topological polar surface area (TPSA) is 124 Å². The Morgan fingerprint density at radius 1 is 1.29 bits per heavy atom. The van der Waals surface area contributed by atoms with E-state index >= 15 is 0 Å². The van der Waals surface area contributed by atoms with Crippen LogP contribution in [0.3, 0.4) is 0 Å². The Bertz CT molecular complexity index is 1290. The smallest absolute Gasteiger partial charge is 0.419 e. The number of amides is 1. The van der Waals surface area contributed by atoms with Crippen molar-refractivity contribution in [2.75, 3.05) is 40.5 Å². The quantitative estimate of drug-likeness (QED) is 0.460. The number of fused-ring (bicyclic) bond motifs is 1. The maximum atomic E-state index is 13.1. The molecule has 3 aliphatic rings. The average Bonchev–Trinajstić information content (AvgIpc) is 3.38. The van der Waals surface area contributed by atoms with Gasteiger partial charge in [-0.2, -0.15) is 0 Å². The van der Waals surface area contributed by atoms with E-state index in [-0.39, 0.29) is 28.6 Å². The minimum absolute atomic E-state index is 0.0355. The van der Waals surface area contributed by atoms with Gasteiger partial charge in [0.15, 0.2) is 0 Å². The van der Waals surface area contributed by atoms with Gasteiger partial charge in [0.05, 0.1) is 29.0 Å². The van der Waals surface area contributed by atoms with Crippen molar-refractivity contribution in [3.63, 3.8) is 0 Å². The van der Waals surface area contributed by atoms with Crippen LogP contribution in [0.25, 0.3) is 5.76 Å². The Morgan fingerprint density at radius 2 is 2.08 bits per heavy atom. The second kappa shape index (κ2) is 10.8. The number of halogens is 1. The number of aromatic hydroxyl groups is 1. The summed E-state index contributed by atoms with van der Waals surface area (Å²) in [6.07, 6.45) is 0.807. The Hall–Kier alpha value is -3.28. The molecule has 0 radical (unpaired) electrons. The van der Waals surface area contributed by atoms with Gasteiger partial charge in [-0.1, -0.05) is 23.7 Å². The number of likely N-dealkylation sites (N-methyl/N-ethyl adjacent to an activating group) is 1. The van der Waals surface area contributed by atoms with Crippen LogP contribution in [0.2, 0.25) is 5.02 Å². The van der Waals surface area contributed by atoms with Crippen molar-refractivity contribution in [2.24, 2.45) is 0 Å². The molecular formula is C27H30ClN3O7. The van der Waals surface area contributed by atoms with Crippen LogP contribution >= 0.6 is 11.6 Å². The molecule has 0 aromatic heterocycles. The molecule has 5 rings (SSSR count). The number of aliphatic hydroxyl groups excluding tert-OH is 2. The number of nitrogens with zero attached hydrogens (tertiary/aromatic N) is 2. The zero-order valence-electron chi connectivity index (χ0n) is 21.1. The zero-order valence-corrected chi connectivity index (χ0v) is 21.8. The van der Waals surface area contributed by atoms with Crippen molar-refractivity contribution in [1.82, 2.24) is 15.1 Å². The van der Waals surface area contributed by atoms with E-state index in [0.717, 1.165) is 0 Å². The highest BCUT2D eigenvalue weighted by molar-refractivity contribution is 6.32. The second-order valence-corrected chi connectivity index (χ2v) is 10.0. The molecule has 202 valence electrons. The molecule has 2 fully saturated rings. The largest absolute Gasteiger partial charge is 0.507 e. The predicted molar refractivity (Wildman–Crippen MR) is 140 cm³/mol. The summed E-state index contributed by atoms with van der Waals surface area (Å²) in [5, 5.41) is 36.5. The van der Waals surface area contributed by atoms with E-state index in [1.807, 2.05) is 11.9 Å². The third-order valence-electron chi connectivity index (χ3n) is 6.90. The van der Waals surface area contributed by atoms with Crippen molar-refractivity contribution in [3.05, 3.63) is 70.0 Å². The SMILES string of the molecule is CN1CC[C@H](c2c(OC(=O)N(C)/C=C3\COCN3)cc(O)c3c2OC(c2ccccc2Cl)=CC3O)[C@H](O)C1. The number of carbonyl (C=O) groups is 1. The second-order valence-electron chi connectivity index (χ2n) is 9.64. The van der Waals surface area contributed by atoms with E-state index in [1.165, 1.54) is 24.1 Å². The fraction of sp³-hybridized carbons (Fsp3) is 0.370. The first kappa shape index (κ1) is 26.3. The van der Waals surface area contributed by atoms with Crippen molar-refractivity contribution in [2.45, 2.75) is 24.5 Å². The standard InChI is InChI=1S/C27H30ClN3O7/c1-30-8-7-17(21(34)12-30)24-23(38-27(35)31(2)11-15-13-36-14-29-15)10-20(33)25-19(32)9-22(37-26(24)25)16-5-3-4-6-18(16)28/h3-6,9-11,17,19,21,29,32-34H,7-8,12-14H2,1-2H3/b15-11+/t17-,19?,21+/m0/s1. The van der Waals surface area contributed by atoms with Gasteiger partial charge < -0.3 is 39.7 Å². The summed E-state index contributed by atoms with van der Waals surface area (Å²) >= 11 is 6.40. The van der Waals surface area contributed by atoms with Gasteiger partial charge in [-0.15, -0.1) is 0 Å². The highest BCUT2D eigenvalue weighted by atomic mass is 35.5. The first-order chi connectivity index (χ1) is 18.2. The molecule has 2 aromatic rings. The third kappa shape index (κ3) is 5.18. The number of hydrogen-bond donors (Lipinski definition) is 4. The molecule has 3 atom stereocenters. The fourth-order valence-corrected chi connectivity index (χ4v) is 5.21. The van der Waals surface area contributed by atoms with Crippen LogP contribution in [-0.2, 0) is 4.74 Å². The number of piperidine rings is 1. The van der Waals surface area contributed by atoms with Crippen LogP contribution in [0, 0.1) is 0 Å². The van der Waals surface area contributed by atoms with Crippen LogP contribution in [-0.4, -0.2) is 77.8 Å². The summed E-state index contributed by atoms with van der Waals surface area (Å²) in [5.74, 6) is -0.333. The molecule has 2 aromatic carbocycles. The molecule has 1 amide bonds. The highest BCUT2D eigenvalue weighted by Gasteiger charge is 2.38. The molecular weight excluding hydrogens is 514 g/mol. The third-order valence-corrected chi connectivity index (χ3v) is 7.23. The number of hydrogen-bond acceptors (Lipinski definition) is 9. The van der Waals surface area contributed by atoms with Gasteiger partial charge in [0.2, 0.25) is 0 Å². The summed E-state index contributed by atoms with van der Waals surface area (Å²) in [6.45, 7) is 1.76. The summed E-state index contributed by atoms with van der Waals surface area (Å²) in [7, 11) is 3.45. The van der Waals surface area contributed by atoms with Crippen LogP contribution in [0.15, 0.2) is 48.3 Å². The Labute approximate surface area is 225 Å². The number of aliphatic hydroxyl groups is 2. The maximum absolute atomic E-state index is 13.1. The molecule has 0 aliphatic carbocycles. The van der Waals surface area contributed by atoms with E-state index in [4.69, 9.17) is 25.8 Å². The van der Waals surface area contributed by atoms with Gasteiger partial charge in [-0.25, -0.2) is 4.79 Å². The lowest BCUT2D eigenvalue weighted by Crippen LogP contribution is -2.41. The number of phenols is 1. The minimum Gasteiger partial charge on any atom is -0.507 e. The van der Waals surface area contributed by atoms with Gasteiger partial charge in [-0.3, -0.25) is 4.90 Å². The predicted octanol–water partition coefficient (Wildman–Crippen LogP) is 3.14. The van der Waals surface area contributed by atoms with Crippen molar-refractivity contribution in [3.8, 4) is 17.2 Å². The molecule has 3 heterocycles. The van der Waals surface area contributed by atoms with E-state index < -0.39 is 24.2 Å². The fourth-order valence-electron chi connectivity index (χ4n) is 4.98. The van der Waals surface area contributed by atoms with Gasteiger partial charge in [-0.05, 0) is 38.2 Å². The number of ether oxygens (including phenoxy) is 3. The lowest BCUT2D eigenvalue weighted by molar-refractivity contribution is 0.0618. The molecule has 0 spiro atoms. The lowest BCUT2D eigenvalue weighted by atomic mass is 9.83. The molecule has 3 aliphatic heterocycles. The summed E-state index contributed by atoms with van der Waals surface area (Å²) in [4.78, 5) is 16.3. The Kier molecular flexibility index (Phi) is 7.51. The van der Waals surface area contributed by atoms with Crippen LogP contribution in [0.1, 0.15) is 35.1 Å². The number of rotatable bonds is 4. The Balaban J connectivity index is 1.58. The van der Waals surface area contributed by atoms with Crippen molar-refractivity contribution in [1.29, 1.82) is 0 Å². The normalized spacial score (nSPS) is 24.3. The zero-order chi connectivity index (χ0) is 27.0. The van der Waals surface area contributed by atoms with Gasteiger partial charge in [0.25, 0.3) is 0 Å². The summed E-state index contributed by atoms with van der Waals surface area (Å²) in [6, 6.07) is 8.31. The number of β-amino-alcohol motifs (C(OH)–C–C–N with tert-alkyl or cyclic N) is 1. The van der Waals surface area contributed by atoms with Gasteiger partial charge in [0, 0.05) is 42.9 Å². The highest BCUT2D eigenvalue weighted by Crippen LogP contribution is 2.52. The number of nitrogens with one attached hydrogen (secondary N) is 1. The molecule has 1 unspecified atom stereocenters. The summed E-state index contributed by atoms with van der Waals surface area (Å²) < 4.78 is 17.3. The first-order valence-electron chi connectivity index (χ1n) is 12.3. The van der Waals surface area contributed by atoms with Crippen LogP contribution in [0.4, 0.5) is 4.79 Å².